The van der Waals surface area contributed by atoms with E-state index in [0.717, 1.165) is 25.9 Å². The number of hydrogen-bond acceptors (Lipinski definition) is 6. The first kappa shape index (κ1) is 24.4. The van der Waals surface area contributed by atoms with Gasteiger partial charge in [0.15, 0.2) is 0 Å². The number of esters is 1. The topological polar surface area (TPSA) is 92.7 Å². The number of nitrogens with zero attached hydrogens (tertiary/aromatic N) is 2. The lowest BCUT2D eigenvalue weighted by Gasteiger charge is -2.34. The molecule has 0 aliphatic carbocycles. The summed E-state index contributed by atoms with van der Waals surface area (Å²) in [6, 6.07) is 1.19. The smallest absolute Gasteiger partial charge is 0.329 e. The second-order valence-electron chi connectivity index (χ2n) is 6.81. The van der Waals surface area contributed by atoms with Gasteiger partial charge in [-0.25, -0.2) is 4.79 Å². The first-order valence-corrected chi connectivity index (χ1v) is 9.06. The molecule has 2 saturated heterocycles. The number of piperazine rings is 1. The van der Waals surface area contributed by atoms with Crippen LogP contribution in [0.4, 0.5) is 0 Å². The van der Waals surface area contributed by atoms with Gasteiger partial charge in [0.1, 0.15) is 11.6 Å². The quantitative estimate of drug-likeness (QED) is 0.673. The molecule has 10 heteroatoms. The number of amides is 1. The number of nitrogens with one attached hydrogen (secondary N) is 2. The van der Waals surface area contributed by atoms with E-state index in [9.17, 15) is 14.4 Å². The van der Waals surface area contributed by atoms with Gasteiger partial charge in [-0.3, -0.25) is 9.59 Å². The van der Waals surface area contributed by atoms with Crippen LogP contribution in [0.2, 0.25) is 0 Å². The Morgan fingerprint density at radius 2 is 1.82 bits per heavy atom. The van der Waals surface area contributed by atoms with E-state index in [1.165, 1.54) is 12.0 Å². The molecule has 2 fully saturated rings. The Morgan fingerprint density at radius 1 is 1.14 bits per heavy atom. The molecule has 3 heterocycles. The van der Waals surface area contributed by atoms with Gasteiger partial charge in [-0.2, -0.15) is 0 Å². The minimum absolute atomic E-state index is 0. The van der Waals surface area contributed by atoms with Gasteiger partial charge in [0, 0.05) is 31.9 Å². The van der Waals surface area contributed by atoms with Crippen molar-refractivity contribution in [3.05, 3.63) is 33.7 Å². The third-order valence-corrected chi connectivity index (χ3v) is 5.22. The summed E-state index contributed by atoms with van der Waals surface area (Å²) in [4.78, 5) is 39.8. The number of halogens is 2. The Kier molecular flexibility index (Phi) is 9.43. The molecule has 2 aliphatic heterocycles. The van der Waals surface area contributed by atoms with Crippen molar-refractivity contribution in [2.45, 2.75) is 31.8 Å². The normalized spacial score (nSPS) is 19.9. The predicted octanol–water partition coefficient (Wildman–Crippen LogP) is 0.512. The van der Waals surface area contributed by atoms with E-state index >= 15 is 0 Å². The number of ether oxygens (including phenoxy) is 1. The SMILES string of the molecule is COC(=O)C1CNCCN1C(=O)c1c(C)ccn(C2CCNCC2)c1=O.Cl.Cl. The van der Waals surface area contributed by atoms with E-state index < -0.39 is 17.9 Å². The fourth-order valence-corrected chi connectivity index (χ4v) is 3.71. The summed E-state index contributed by atoms with van der Waals surface area (Å²) in [5, 5.41) is 6.37. The van der Waals surface area contributed by atoms with Crippen LogP contribution in [0.5, 0.6) is 0 Å². The fourth-order valence-electron chi connectivity index (χ4n) is 3.71. The fraction of sp³-hybridized carbons (Fsp3) is 0.611. The molecule has 0 spiro atoms. The minimum Gasteiger partial charge on any atom is -0.467 e. The Hall–Kier alpha value is -1.61. The van der Waals surface area contributed by atoms with Crippen LogP contribution in [-0.4, -0.2) is 67.2 Å². The molecule has 0 radical (unpaired) electrons. The van der Waals surface area contributed by atoms with Crippen molar-refractivity contribution in [1.29, 1.82) is 0 Å². The molecule has 8 nitrogen and oxygen atoms in total. The minimum atomic E-state index is -0.715. The van der Waals surface area contributed by atoms with Gasteiger partial charge in [-0.1, -0.05) is 0 Å². The molecular formula is C18H28Cl2N4O4. The van der Waals surface area contributed by atoms with Crippen molar-refractivity contribution in [2.75, 3.05) is 39.8 Å². The molecule has 1 aromatic rings. The highest BCUT2D eigenvalue weighted by atomic mass is 35.5. The summed E-state index contributed by atoms with van der Waals surface area (Å²) in [5.74, 6) is -0.870. The van der Waals surface area contributed by atoms with Crippen LogP contribution in [-0.2, 0) is 9.53 Å². The van der Waals surface area contributed by atoms with Gasteiger partial charge in [-0.15, -0.1) is 24.8 Å². The van der Waals surface area contributed by atoms with E-state index in [1.807, 2.05) is 6.07 Å². The lowest BCUT2D eigenvalue weighted by atomic mass is 10.0. The molecule has 1 amide bonds. The zero-order valence-electron chi connectivity index (χ0n) is 16.1. The number of methoxy groups -OCH3 is 1. The van der Waals surface area contributed by atoms with Crippen molar-refractivity contribution in [3.8, 4) is 0 Å². The molecule has 1 aromatic heterocycles. The van der Waals surface area contributed by atoms with Gasteiger partial charge >= 0.3 is 5.97 Å². The zero-order valence-corrected chi connectivity index (χ0v) is 17.7. The molecule has 2 N–H and O–H groups in total. The highest BCUT2D eigenvalue weighted by molar-refractivity contribution is 5.98. The third-order valence-electron chi connectivity index (χ3n) is 5.22. The lowest BCUT2D eigenvalue weighted by Crippen LogP contribution is -2.58. The molecule has 0 bridgehead atoms. The number of pyridine rings is 1. The number of rotatable bonds is 3. The predicted molar refractivity (Wildman–Crippen MR) is 111 cm³/mol. The average Bonchev–Trinajstić information content (AvgIpc) is 2.68. The standard InChI is InChI=1S/C18H26N4O4.2ClH/c1-12-5-9-21(13-3-6-19-7-4-13)16(23)15(12)17(24)22-10-8-20-11-14(22)18(25)26-2;;/h5,9,13-14,19-20H,3-4,6-8,10-11H2,1-2H3;2*1H. The van der Waals surface area contributed by atoms with E-state index in [-0.39, 0.29) is 42.0 Å². The maximum Gasteiger partial charge on any atom is 0.329 e. The summed E-state index contributed by atoms with van der Waals surface area (Å²) in [6.45, 7) is 4.74. The number of piperidine rings is 1. The van der Waals surface area contributed by atoms with Gasteiger partial charge in [0.05, 0.1) is 7.11 Å². The van der Waals surface area contributed by atoms with E-state index in [4.69, 9.17) is 4.74 Å². The first-order chi connectivity index (χ1) is 12.5. The van der Waals surface area contributed by atoms with Crippen molar-refractivity contribution in [1.82, 2.24) is 20.1 Å². The largest absolute Gasteiger partial charge is 0.467 e. The number of aromatic nitrogens is 1. The van der Waals surface area contributed by atoms with Crippen molar-refractivity contribution < 1.29 is 14.3 Å². The molecule has 3 rings (SSSR count). The highest BCUT2D eigenvalue weighted by Crippen LogP contribution is 2.18. The van der Waals surface area contributed by atoms with Gasteiger partial charge < -0.3 is 24.8 Å². The van der Waals surface area contributed by atoms with Crippen LogP contribution >= 0.6 is 24.8 Å². The third kappa shape index (κ3) is 4.86. The first-order valence-electron chi connectivity index (χ1n) is 9.06. The van der Waals surface area contributed by atoms with E-state index in [1.54, 1.807) is 17.7 Å². The lowest BCUT2D eigenvalue weighted by molar-refractivity contribution is -0.146. The van der Waals surface area contributed by atoms with Gasteiger partial charge in [0.2, 0.25) is 0 Å². The summed E-state index contributed by atoms with van der Waals surface area (Å²) in [5.41, 5.74) is 0.512. The van der Waals surface area contributed by atoms with Crippen molar-refractivity contribution in [2.24, 2.45) is 0 Å². The maximum absolute atomic E-state index is 13.2. The Morgan fingerprint density at radius 3 is 2.46 bits per heavy atom. The van der Waals surface area contributed by atoms with Crippen LogP contribution in [0, 0.1) is 6.92 Å². The number of hydrogen-bond donors (Lipinski definition) is 2. The summed E-state index contributed by atoms with van der Waals surface area (Å²) >= 11 is 0. The van der Waals surface area contributed by atoms with Crippen LogP contribution in [0.15, 0.2) is 17.1 Å². The Bertz CT molecular complexity index is 750. The van der Waals surface area contributed by atoms with Crippen LogP contribution in [0.3, 0.4) is 0 Å². The van der Waals surface area contributed by atoms with Crippen molar-refractivity contribution in [3.63, 3.8) is 0 Å². The Labute approximate surface area is 176 Å². The summed E-state index contributed by atoms with van der Waals surface area (Å²) in [7, 11) is 1.30. The van der Waals surface area contributed by atoms with Crippen molar-refractivity contribution >= 4 is 36.7 Å². The van der Waals surface area contributed by atoms with E-state index in [0.29, 0.717) is 25.2 Å². The maximum atomic E-state index is 13.2. The highest BCUT2D eigenvalue weighted by Gasteiger charge is 2.35. The number of aryl methyl sites for hydroxylation is 1. The molecule has 2 aliphatic rings. The molecule has 0 aromatic carbocycles. The molecule has 1 atom stereocenters. The van der Waals surface area contributed by atoms with Crippen LogP contribution in [0.25, 0.3) is 0 Å². The summed E-state index contributed by atoms with van der Waals surface area (Å²) in [6.07, 6.45) is 3.49. The van der Waals surface area contributed by atoms with Crippen LogP contribution < -0.4 is 16.2 Å². The monoisotopic (exact) mass is 434 g/mol. The molecule has 28 heavy (non-hydrogen) atoms. The van der Waals surface area contributed by atoms with Crippen LogP contribution in [0.1, 0.15) is 34.8 Å². The van der Waals surface area contributed by atoms with E-state index in [2.05, 4.69) is 10.6 Å². The summed E-state index contributed by atoms with van der Waals surface area (Å²) < 4.78 is 6.50. The molecule has 158 valence electrons. The molecular weight excluding hydrogens is 407 g/mol. The zero-order chi connectivity index (χ0) is 18.7. The number of carbonyl (C=O) groups excluding carboxylic acids is 2. The number of carbonyl (C=O) groups is 2. The average molecular weight is 435 g/mol. The van der Waals surface area contributed by atoms with Gasteiger partial charge in [-0.05, 0) is 44.5 Å². The van der Waals surface area contributed by atoms with Gasteiger partial charge in [0.25, 0.3) is 11.5 Å². The second-order valence-corrected chi connectivity index (χ2v) is 6.81. The molecule has 1 unspecified atom stereocenters. The Balaban J connectivity index is 0.00000196. The second kappa shape index (κ2) is 10.8. The molecule has 0 saturated carbocycles.